The Bertz CT molecular complexity index is 469. The lowest BCUT2D eigenvalue weighted by molar-refractivity contribution is -0.809. The van der Waals surface area contributed by atoms with E-state index in [1.807, 2.05) is 0 Å². The highest BCUT2D eigenvalue weighted by molar-refractivity contribution is 7.90. The molecule has 0 aromatic rings. The van der Waals surface area contributed by atoms with E-state index in [4.69, 9.17) is 5.11 Å². The van der Waals surface area contributed by atoms with E-state index in [-0.39, 0.29) is 12.4 Å². The van der Waals surface area contributed by atoms with Crippen molar-refractivity contribution < 1.29 is 29.1 Å². The van der Waals surface area contributed by atoms with Crippen molar-refractivity contribution in [1.82, 2.24) is 9.62 Å². The SMILES string of the molecule is CC(N[S+]([O-])CC(=O)N1CC([N+](=O)[O-])([N+](=O)[O-])C1)C(=O)O.Cl. The molecule has 2 unspecified atom stereocenters. The first-order valence-corrected chi connectivity index (χ1v) is 6.86. The van der Waals surface area contributed by atoms with Gasteiger partial charge in [-0.05, 0) is 6.92 Å². The maximum atomic E-state index is 11.6. The molecule has 0 aromatic carbocycles. The predicted molar refractivity (Wildman–Crippen MR) is 73.8 cm³/mol. The van der Waals surface area contributed by atoms with Gasteiger partial charge in [0.05, 0.1) is 0 Å². The lowest BCUT2D eigenvalue weighted by Crippen LogP contribution is -2.71. The zero-order chi connectivity index (χ0) is 16.4. The van der Waals surface area contributed by atoms with E-state index >= 15 is 0 Å². The van der Waals surface area contributed by atoms with E-state index in [1.165, 1.54) is 6.92 Å². The van der Waals surface area contributed by atoms with Crippen molar-refractivity contribution in [2.45, 2.75) is 18.6 Å². The molecule has 0 bridgehead atoms. The first-order chi connectivity index (χ1) is 9.60. The Labute approximate surface area is 132 Å². The number of rotatable bonds is 7. The van der Waals surface area contributed by atoms with E-state index in [0.717, 1.165) is 4.90 Å². The zero-order valence-corrected chi connectivity index (χ0v) is 12.8. The van der Waals surface area contributed by atoms with Gasteiger partial charge in [0, 0.05) is 11.4 Å². The Morgan fingerprint density at radius 2 is 1.82 bits per heavy atom. The van der Waals surface area contributed by atoms with Gasteiger partial charge in [0.25, 0.3) is 5.91 Å². The summed E-state index contributed by atoms with van der Waals surface area (Å²) in [5.74, 6) is -2.68. The number of halogens is 1. The van der Waals surface area contributed by atoms with Gasteiger partial charge in [0.15, 0.2) is 13.1 Å². The van der Waals surface area contributed by atoms with Crippen LogP contribution in [0.5, 0.6) is 0 Å². The number of carbonyl (C=O) groups is 2. The second-order valence-electron chi connectivity index (χ2n) is 4.41. The van der Waals surface area contributed by atoms with Gasteiger partial charge < -0.3 is 14.6 Å². The number of aliphatic carboxylic acids is 1. The molecular formula is C8H13ClN4O8S. The van der Waals surface area contributed by atoms with Gasteiger partial charge in [-0.1, -0.05) is 0 Å². The summed E-state index contributed by atoms with van der Waals surface area (Å²) in [5.41, 5.74) is -2.42. The van der Waals surface area contributed by atoms with E-state index in [1.54, 1.807) is 0 Å². The smallest absolute Gasteiger partial charge is 0.492 e. The fourth-order valence-electron chi connectivity index (χ4n) is 1.53. The number of nitro groups is 2. The van der Waals surface area contributed by atoms with Crippen molar-refractivity contribution in [1.29, 1.82) is 0 Å². The predicted octanol–water partition coefficient (Wildman–Crippen LogP) is -1.77. The molecule has 0 aromatic heterocycles. The Kier molecular flexibility index (Phi) is 6.95. The number of nitrogens with one attached hydrogen (secondary N) is 1. The van der Waals surface area contributed by atoms with Crippen LogP contribution in [0.2, 0.25) is 0 Å². The number of carboxylic acid groups (broad SMARTS) is 1. The van der Waals surface area contributed by atoms with Gasteiger partial charge in [-0.25, -0.2) is 0 Å². The maximum Gasteiger partial charge on any atom is 0.492 e. The van der Waals surface area contributed by atoms with Crippen LogP contribution in [-0.2, 0) is 21.0 Å². The molecule has 0 radical (unpaired) electrons. The average molecular weight is 361 g/mol. The third-order valence-electron chi connectivity index (χ3n) is 2.85. The molecule has 12 nitrogen and oxygen atoms in total. The second kappa shape index (κ2) is 7.53. The van der Waals surface area contributed by atoms with Crippen LogP contribution >= 0.6 is 12.4 Å². The van der Waals surface area contributed by atoms with Crippen molar-refractivity contribution >= 4 is 35.6 Å². The largest absolute Gasteiger partial charge is 0.598 e. The first kappa shape index (κ1) is 20.3. The Morgan fingerprint density at radius 3 is 2.18 bits per heavy atom. The van der Waals surface area contributed by atoms with Crippen LogP contribution < -0.4 is 4.72 Å². The van der Waals surface area contributed by atoms with Crippen LogP contribution in [0.15, 0.2) is 0 Å². The van der Waals surface area contributed by atoms with Crippen LogP contribution in [-0.4, -0.2) is 66.8 Å². The molecule has 1 aliphatic rings. The fourth-order valence-corrected chi connectivity index (χ4v) is 2.52. The van der Waals surface area contributed by atoms with Crippen molar-refractivity contribution in [3.05, 3.63) is 20.2 Å². The summed E-state index contributed by atoms with van der Waals surface area (Å²) in [6, 6.07) is -1.15. The molecule has 0 saturated carbocycles. The lowest BCUT2D eigenvalue weighted by atomic mass is 10.0. The molecule has 22 heavy (non-hydrogen) atoms. The molecule has 1 amide bonds. The van der Waals surface area contributed by atoms with Crippen molar-refractivity contribution in [3.63, 3.8) is 0 Å². The van der Waals surface area contributed by atoms with Crippen molar-refractivity contribution in [2.75, 3.05) is 18.8 Å². The highest BCUT2D eigenvalue weighted by atomic mass is 35.5. The van der Waals surface area contributed by atoms with Crippen LogP contribution in [0.25, 0.3) is 0 Å². The number of carboxylic acids is 1. The summed E-state index contributed by atoms with van der Waals surface area (Å²) >= 11 is -2.00. The highest BCUT2D eigenvalue weighted by Crippen LogP contribution is 2.25. The standard InChI is InChI=1S/C8H12N4O8S.ClH/c1-5(7(14)15)9-21(20)2-6(13)10-3-8(4-10,11(16)17)12(18)19;/h5,9H,2-4H2,1H3,(H,14,15);1H. The third-order valence-corrected chi connectivity index (χ3v) is 3.98. The second-order valence-corrected chi connectivity index (χ2v) is 5.63. The number of nitrogens with zero attached hydrogens (tertiary/aromatic N) is 3. The number of likely N-dealkylation sites (tertiary alicyclic amines) is 1. The minimum Gasteiger partial charge on any atom is -0.598 e. The van der Waals surface area contributed by atoms with Crippen LogP contribution in [0.1, 0.15) is 6.92 Å². The summed E-state index contributed by atoms with van der Waals surface area (Å²) < 4.78 is 13.6. The summed E-state index contributed by atoms with van der Waals surface area (Å²) in [4.78, 5) is 42.1. The number of carbonyl (C=O) groups excluding carboxylic acids is 1. The molecule has 1 saturated heterocycles. The van der Waals surface area contributed by atoms with Gasteiger partial charge in [-0.15, -0.1) is 17.1 Å². The van der Waals surface area contributed by atoms with Gasteiger partial charge in [-0.2, -0.15) is 0 Å². The highest BCUT2D eigenvalue weighted by Gasteiger charge is 2.67. The monoisotopic (exact) mass is 360 g/mol. The van der Waals surface area contributed by atoms with E-state index in [2.05, 4.69) is 4.72 Å². The Morgan fingerprint density at radius 1 is 1.36 bits per heavy atom. The zero-order valence-electron chi connectivity index (χ0n) is 11.2. The molecule has 2 atom stereocenters. The summed E-state index contributed by atoms with van der Waals surface area (Å²) in [7, 11) is 0. The fraction of sp³-hybridized carbons (Fsp3) is 0.750. The quantitative estimate of drug-likeness (QED) is 0.230. The summed E-state index contributed by atoms with van der Waals surface area (Å²) in [5, 5.41) is 29.9. The molecule has 1 aliphatic heterocycles. The van der Waals surface area contributed by atoms with Crippen LogP contribution in [0, 0.1) is 20.2 Å². The normalized spacial score (nSPS) is 18.4. The summed E-state index contributed by atoms with van der Waals surface area (Å²) in [6.07, 6.45) is 0. The first-order valence-electron chi connectivity index (χ1n) is 5.54. The van der Waals surface area contributed by atoms with E-state index < -0.39 is 63.6 Å². The van der Waals surface area contributed by atoms with E-state index in [0.29, 0.717) is 0 Å². The molecule has 1 fully saturated rings. The topological polar surface area (TPSA) is 179 Å². The molecule has 0 spiro atoms. The average Bonchev–Trinajstić information content (AvgIpc) is 2.25. The minimum atomic E-state index is -2.42. The van der Waals surface area contributed by atoms with Crippen molar-refractivity contribution in [2.24, 2.45) is 0 Å². The van der Waals surface area contributed by atoms with Crippen molar-refractivity contribution in [3.8, 4) is 0 Å². The van der Waals surface area contributed by atoms with Gasteiger partial charge in [0.2, 0.25) is 5.75 Å². The maximum absolute atomic E-state index is 11.6. The molecule has 2 N–H and O–H groups in total. The third kappa shape index (κ3) is 4.16. The Hall–Kier alpha value is -1.70. The number of amides is 1. The van der Waals surface area contributed by atoms with Gasteiger partial charge in [0.1, 0.15) is 15.9 Å². The van der Waals surface area contributed by atoms with Gasteiger partial charge >= 0.3 is 11.6 Å². The molecule has 0 aliphatic carbocycles. The lowest BCUT2D eigenvalue weighted by Gasteiger charge is -2.35. The molecule has 1 rings (SSSR count). The van der Waals surface area contributed by atoms with E-state index in [9.17, 15) is 34.4 Å². The molecule has 14 heteroatoms. The number of hydrogen-bond donors (Lipinski definition) is 2. The molecule has 126 valence electrons. The molecule has 1 heterocycles. The summed E-state index contributed by atoms with van der Waals surface area (Å²) in [6.45, 7) is -0.201. The van der Waals surface area contributed by atoms with Crippen LogP contribution in [0.3, 0.4) is 0 Å². The minimum absolute atomic E-state index is 0. The molecular weight excluding hydrogens is 348 g/mol. The van der Waals surface area contributed by atoms with Gasteiger partial charge in [-0.3, -0.25) is 29.8 Å². The van der Waals surface area contributed by atoms with Crippen LogP contribution in [0.4, 0.5) is 0 Å². The number of hydrogen-bond acceptors (Lipinski definition) is 8. The Balaban J connectivity index is 0.00000441.